The van der Waals surface area contributed by atoms with E-state index in [0.717, 1.165) is 5.56 Å². The lowest BCUT2D eigenvalue weighted by Crippen LogP contribution is -2.17. The third-order valence-corrected chi connectivity index (χ3v) is 1.98. The Labute approximate surface area is 82.6 Å². The molecule has 0 radical (unpaired) electrons. The average molecular weight is 196 g/mol. The SMILES string of the molecule is CN(CC#N)Cc1ccncc1Cl. The molecule has 0 aromatic carbocycles. The molecule has 13 heavy (non-hydrogen) atoms. The summed E-state index contributed by atoms with van der Waals surface area (Å²) in [7, 11) is 1.87. The Balaban J connectivity index is 2.64. The number of halogens is 1. The first-order valence-electron chi connectivity index (χ1n) is 3.88. The van der Waals surface area contributed by atoms with Crippen molar-refractivity contribution in [3.8, 4) is 6.07 Å². The van der Waals surface area contributed by atoms with Crippen LogP contribution in [0.4, 0.5) is 0 Å². The van der Waals surface area contributed by atoms with Crippen LogP contribution < -0.4 is 0 Å². The Morgan fingerprint density at radius 2 is 2.46 bits per heavy atom. The highest BCUT2D eigenvalue weighted by molar-refractivity contribution is 6.31. The van der Waals surface area contributed by atoms with E-state index in [0.29, 0.717) is 18.1 Å². The zero-order valence-electron chi connectivity index (χ0n) is 7.37. The molecule has 0 aliphatic rings. The van der Waals surface area contributed by atoms with Gasteiger partial charge in [0.25, 0.3) is 0 Å². The maximum Gasteiger partial charge on any atom is 0.0866 e. The van der Waals surface area contributed by atoms with Crippen molar-refractivity contribution in [1.82, 2.24) is 9.88 Å². The highest BCUT2D eigenvalue weighted by Gasteiger charge is 2.02. The Bertz CT molecular complexity index is 319. The molecule has 0 N–H and O–H groups in total. The van der Waals surface area contributed by atoms with Gasteiger partial charge in [-0.05, 0) is 18.7 Å². The van der Waals surface area contributed by atoms with Crippen molar-refractivity contribution >= 4 is 11.6 Å². The van der Waals surface area contributed by atoms with Gasteiger partial charge in [0.1, 0.15) is 0 Å². The number of hydrogen-bond acceptors (Lipinski definition) is 3. The largest absolute Gasteiger partial charge is 0.289 e. The zero-order valence-corrected chi connectivity index (χ0v) is 8.12. The van der Waals surface area contributed by atoms with E-state index >= 15 is 0 Å². The van der Waals surface area contributed by atoms with Crippen molar-refractivity contribution in [2.75, 3.05) is 13.6 Å². The minimum atomic E-state index is 0.401. The van der Waals surface area contributed by atoms with Gasteiger partial charge in [-0.25, -0.2) is 0 Å². The van der Waals surface area contributed by atoms with Gasteiger partial charge in [-0.2, -0.15) is 5.26 Å². The number of rotatable bonds is 3. The number of aromatic nitrogens is 1. The topological polar surface area (TPSA) is 39.9 Å². The summed E-state index contributed by atoms with van der Waals surface area (Å²) in [6.07, 6.45) is 3.30. The molecule has 0 unspecified atom stereocenters. The van der Waals surface area contributed by atoms with E-state index in [4.69, 9.17) is 16.9 Å². The van der Waals surface area contributed by atoms with Crippen LogP contribution in [0.25, 0.3) is 0 Å². The summed E-state index contributed by atoms with van der Waals surface area (Å²) in [5.74, 6) is 0. The third kappa shape index (κ3) is 3.02. The second kappa shape index (κ2) is 4.80. The molecule has 0 aliphatic carbocycles. The lowest BCUT2D eigenvalue weighted by Gasteiger charge is -2.12. The second-order valence-electron chi connectivity index (χ2n) is 2.80. The zero-order chi connectivity index (χ0) is 9.68. The first-order chi connectivity index (χ1) is 6.24. The van der Waals surface area contributed by atoms with Crippen LogP contribution in [0.2, 0.25) is 5.02 Å². The monoisotopic (exact) mass is 195 g/mol. The van der Waals surface area contributed by atoms with E-state index in [-0.39, 0.29) is 0 Å². The number of pyridine rings is 1. The highest BCUT2D eigenvalue weighted by atomic mass is 35.5. The molecule has 0 spiro atoms. The fourth-order valence-electron chi connectivity index (χ4n) is 1.000. The molecule has 0 fully saturated rings. The van der Waals surface area contributed by atoms with Crippen LogP contribution in [0, 0.1) is 11.3 Å². The van der Waals surface area contributed by atoms with Crippen molar-refractivity contribution in [2.45, 2.75) is 6.54 Å². The van der Waals surface area contributed by atoms with Gasteiger partial charge in [0, 0.05) is 18.9 Å². The van der Waals surface area contributed by atoms with E-state index in [1.54, 1.807) is 12.4 Å². The summed E-state index contributed by atoms with van der Waals surface area (Å²) in [6, 6.07) is 3.93. The molecule has 0 aliphatic heterocycles. The van der Waals surface area contributed by atoms with Crippen molar-refractivity contribution in [3.05, 3.63) is 29.0 Å². The molecule has 0 amide bonds. The highest BCUT2D eigenvalue weighted by Crippen LogP contribution is 2.14. The molecule has 1 aromatic heterocycles. The molecule has 0 atom stereocenters. The molecule has 4 heteroatoms. The number of nitrogens with zero attached hydrogens (tertiary/aromatic N) is 3. The van der Waals surface area contributed by atoms with E-state index in [1.165, 1.54) is 0 Å². The lowest BCUT2D eigenvalue weighted by molar-refractivity contribution is 0.367. The normalized spacial score (nSPS) is 10.0. The van der Waals surface area contributed by atoms with Gasteiger partial charge in [0.05, 0.1) is 17.6 Å². The average Bonchev–Trinajstić information content (AvgIpc) is 2.09. The first-order valence-corrected chi connectivity index (χ1v) is 4.25. The fraction of sp³-hybridized carbons (Fsp3) is 0.333. The summed E-state index contributed by atoms with van der Waals surface area (Å²) in [5.41, 5.74) is 0.995. The van der Waals surface area contributed by atoms with E-state index < -0.39 is 0 Å². The van der Waals surface area contributed by atoms with Crippen LogP contribution >= 0.6 is 11.6 Å². The van der Waals surface area contributed by atoms with Crippen LogP contribution in [0.3, 0.4) is 0 Å². The molecule has 1 rings (SSSR count). The summed E-state index contributed by atoms with van der Waals surface area (Å²) in [4.78, 5) is 5.77. The van der Waals surface area contributed by atoms with E-state index in [9.17, 15) is 0 Å². The van der Waals surface area contributed by atoms with Crippen LogP contribution in [0.1, 0.15) is 5.56 Å². The predicted molar refractivity (Wildman–Crippen MR) is 51.2 cm³/mol. The first kappa shape index (κ1) is 9.97. The van der Waals surface area contributed by atoms with Crippen LogP contribution in [0.5, 0.6) is 0 Å². The van der Waals surface area contributed by atoms with Gasteiger partial charge >= 0.3 is 0 Å². The minimum absolute atomic E-state index is 0.401. The van der Waals surface area contributed by atoms with E-state index in [2.05, 4.69) is 11.1 Å². The maximum atomic E-state index is 8.45. The molecule has 0 saturated heterocycles. The Hall–Kier alpha value is -1.11. The van der Waals surface area contributed by atoms with Crippen molar-refractivity contribution < 1.29 is 0 Å². The standard InChI is InChI=1S/C9H10ClN3/c1-13(5-3-11)7-8-2-4-12-6-9(8)10/h2,4,6H,5,7H2,1H3. The Kier molecular flexibility index (Phi) is 3.69. The summed E-state index contributed by atoms with van der Waals surface area (Å²) in [6.45, 7) is 1.08. The summed E-state index contributed by atoms with van der Waals surface area (Å²) >= 11 is 5.90. The van der Waals surface area contributed by atoms with Crippen LogP contribution in [-0.4, -0.2) is 23.5 Å². The van der Waals surface area contributed by atoms with Crippen LogP contribution in [0.15, 0.2) is 18.5 Å². The van der Waals surface area contributed by atoms with Crippen molar-refractivity contribution in [2.24, 2.45) is 0 Å². The third-order valence-electron chi connectivity index (χ3n) is 1.64. The number of nitriles is 1. The second-order valence-corrected chi connectivity index (χ2v) is 3.20. The maximum absolute atomic E-state index is 8.45. The predicted octanol–water partition coefficient (Wildman–Crippen LogP) is 1.69. The molecular formula is C9H10ClN3. The Morgan fingerprint density at radius 1 is 1.69 bits per heavy atom. The molecule has 68 valence electrons. The van der Waals surface area contributed by atoms with Crippen molar-refractivity contribution in [3.63, 3.8) is 0 Å². The molecular weight excluding hydrogens is 186 g/mol. The molecule has 0 bridgehead atoms. The smallest absolute Gasteiger partial charge is 0.0866 e. The van der Waals surface area contributed by atoms with Gasteiger partial charge in [-0.3, -0.25) is 9.88 Å². The molecule has 0 saturated carbocycles. The molecule has 3 nitrogen and oxygen atoms in total. The van der Waals surface area contributed by atoms with Gasteiger partial charge in [0.2, 0.25) is 0 Å². The Morgan fingerprint density at radius 3 is 3.08 bits per heavy atom. The number of hydrogen-bond donors (Lipinski definition) is 0. The summed E-state index contributed by atoms with van der Waals surface area (Å²) < 4.78 is 0. The van der Waals surface area contributed by atoms with Gasteiger partial charge < -0.3 is 0 Å². The quantitative estimate of drug-likeness (QED) is 0.690. The lowest BCUT2D eigenvalue weighted by atomic mass is 10.2. The van der Waals surface area contributed by atoms with Gasteiger partial charge in [-0.15, -0.1) is 0 Å². The minimum Gasteiger partial charge on any atom is -0.289 e. The van der Waals surface area contributed by atoms with Crippen molar-refractivity contribution in [1.29, 1.82) is 5.26 Å². The fourth-order valence-corrected chi connectivity index (χ4v) is 1.18. The summed E-state index contributed by atoms with van der Waals surface area (Å²) in [5, 5.41) is 9.09. The van der Waals surface area contributed by atoms with Crippen LogP contribution in [-0.2, 0) is 6.54 Å². The van der Waals surface area contributed by atoms with Gasteiger partial charge in [-0.1, -0.05) is 11.6 Å². The molecule has 1 aromatic rings. The molecule has 1 heterocycles. The van der Waals surface area contributed by atoms with E-state index in [1.807, 2.05) is 18.0 Å². The van der Waals surface area contributed by atoms with Gasteiger partial charge in [0.15, 0.2) is 0 Å².